The average molecular weight is 185 g/mol. The Kier molecular flexibility index (Phi) is 5.23. The van der Waals surface area contributed by atoms with Crippen LogP contribution in [-0.2, 0) is 4.79 Å². The van der Waals surface area contributed by atoms with E-state index in [1.807, 2.05) is 13.8 Å². The quantitative estimate of drug-likeness (QED) is 0.691. The van der Waals surface area contributed by atoms with E-state index < -0.39 is 0 Å². The summed E-state index contributed by atoms with van der Waals surface area (Å²) in [5.41, 5.74) is 5.43. The van der Waals surface area contributed by atoms with Crippen LogP contribution in [0.2, 0.25) is 0 Å². The maximum absolute atomic E-state index is 11.5. The van der Waals surface area contributed by atoms with Crippen molar-refractivity contribution in [2.75, 3.05) is 0 Å². The Morgan fingerprint density at radius 1 is 1.31 bits per heavy atom. The van der Waals surface area contributed by atoms with Gasteiger partial charge >= 0.3 is 0 Å². The third-order valence-electron chi connectivity index (χ3n) is 2.32. The molecule has 0 spiro atoms. The molecular weight excluding hydrogens is 162 g/mol. The van der Waals surface area contributed by atoms with E-state index in [1.165, 1.54) is 0 Å². The number of carbonyl (C=O) groups is 1. The van der Waals surface area contributed by atoms with Crippen LogP contribution in [0.25, 0.3) is 0 Å². The number of Topliss-reactive ketones (excluding diaryl/α,β-unsaturated/α-hetero) is 1. The molecule has 0 saturated carbocycles. The van der Waals surface area contributed by atoms with Crippen molar-refractivity contribution < 1.29 is 4.79 Å². The second-order valence-electron chi connectivity index (χ2n) is 4.59. The Bertz CT molecular complexity index is 154. The third-order valence-corrected chi connectivity index (χ3v) is 2.32. The average Bonchev–Trinajstić information content (AvgIpc) is 1.96. The van der Waals surface area contributed by atoms with Crippen LogP contribution < -0.4 is 5.73 Å². The minimum Gasteiger partial charge on any atom is -0.325 e. The first kappa shape index (κ1) is 12.6. The van der Waals surface area contributed by atoms with Gasteiger partial charge in [0.2, 0.25) is 0 Å². The monoisotopic (exact) mass is 185 g/mol. The van der Waals surface area contributed by atoms with Gasteiger partial charge in [-0.3, -0.25) is 4.79 Å². The summed E-state index contributed by atoms with van der Waals surface area (Å²) in [4.78, 5) is 11.5. The van der Waals surface area contributed by atoms with Crippen molar-refractivity contribution in [3.8, 4) is 0 Å². The first-order valence-corrected chi connectivity index (χ1v) is 5.19. The van der Waals surface area contributed by atoms with Gasteiger partial charge in [-0.1, -0.05) is 26.7 Å². The fourth-order valence-electron chi connectivity index (χ4n) is 1.48. The van der Waals surface area contributed by atoms with Gasteiger partial charge in [0.25, 0.3) is 0 Å². The zero-order valence-corrected chi connectivity index (χ0v) is 9.39. The van der Waals surface area contributed by atoms with Crippen molar-refractivity contribution in [2.45, 2.75) is 58.9 Å². The van der Waals surface area contributed by atoms with Gasteiger partial charge in [0, 0.05) is 18.4 Å². The Balaban J connectivity index is 3.86. The summed E-state index contributed by atoms with van der Waals surface area (Å²) in [5, 5.41) is 0. The van der Waals surface area contributed by atoms with E-state index >= 15 is 0 Å². The molecule has 0 aliphatic heterocycles. The molecule has 0 rings (SSSR count). The van der Waals surface area contributed by atoms with Gasteiger partial charge in [0.15, 0.2) is 0 Å². The molecule has 0 aliphatic rings. The SMILES string of the molecule is CCC(CC)CC(=O)CC(C)(C)N. The van der Waals surface area contributed by atoms with Gasteiger partial charge in [-0.2, -0.15) is 0 Å². The molecule has 0 heterocycles. The summed E-state index contributed by atoms with van der Waals surface area (Å²) in [7, 11) is 0. The van der Waals surface area contributed by atoms with Crippen LogP contribution >= 0.6 is 0 Å². The summed E-state index contributed by atoms with van der Waals surface area (Å²) in [6, 6.07) is 0. The Hall–Kier alpha value is -0.370. The lowest BCUT2D eigenvalue weighted by atomic mass is 9.91. The lowest BCUT2D eigenvalue weighted by Gasteiger charge is -2.19. The molecule has 0 aromatic rings. The van der Waals surface area contributed by atoms with Crippen LogP contribution in [0.15, 0.2) is 0 Å². The molecule has 0 atom stereocenters. The smallest absolute Gasteiger partial charge is 0.134 e. The number of ketones is 1. The van der Waals surface area contributed by atoms with Gasteiger partial charge in [0.1, 0.15) is 5.78 Å². The van der Waals surface area contributed by atoms with Crippen LogP contribution in [0.1, 0.15) is 53.4 Å². The summed E-state index contributed by atoms with van der Waals surface area (Å²) in [6.45, 7) is 8.07. The summed E-state index contributed by atoms with van der Waals surface area (Å²) < 4.78 is 0. The summed E-state index contributed by atoms with van der Waals surface area (Å²) in [5.74, 6) is 0.857. The first-order chi connectivity index (χ1) is 5.89. The van der Waals surface area contributed by atoms with E-state index in [9.17, 15) is 4.79 Å². The molecule has 13 heavy (non-hydrogen) atoms. The highest BCUT2D eigenvalue weighted by molar-refractivity contribution is 5.79. The van der Waals surface area contributed by atoms with Gasteiger partial charge in [0.05, 0.1) is 0 Å². The van der Waals surface area contributed by atoms with Crippen molar-refractivity contribution in [2.24, 2.45) is 11.7 Å². The normalized spacial score (nSPS) is 12.2. The molecule has 0 radical (unpaired) electrons. The van der Waals surface area contributed by atoms with E-state index in [0.29, 0.717) is 24.5 Å². The van der Waals surface area contributed by atoms with Crippen molar-refractivity contribution >= 4 is 5.78 Å². The summed E-state index contributed by atoms with van der Waals surface area (Å²) >= 11 is 0. The molecule has 2 N–H and O–H groups in total. The van der Waals surface area contributed by atoms with E-state index in [4.69, 9.17) is 5.73 Å². The topological polar surface area (TPSA) is 43.1 Å². The maximum Gasteiger partial charge on any atom is 0.134 e. The van der Waals surface area contributed by atoms with E-state index in [1.54, 1.807) is 0 Å². The van der Waals surface area contributed by atoms with Crippen LogP contribution in [-0.4, -0.2) is 11.3 Å². The van der Waals surface area contributed by atoms with Crippen LogP contribution in [0, 0.1) is 5.92 Å². The lowest BCUT2D eigenvalue weighted by molar-refractivity contribution is -0.120. The van der Waals surface area contributed by atoms with E-state index in [2.05, 4.69) is 13.8 Å². The molecule has 78 valence electrons. The Labute approximate surface area is 81.9 Å². The molecule has 0 amide bonds. The predicted octanol–water partition coefficient (Wildman–Crippen LogP) is 2.51. The number of rotatable bonds is 6. The Morgan fingerprint density at radius 3 is 2.08 bits per heavy atom. The second kappa shape index (κ2) is 5.38. The molecule has 2 heteroatoms. The fraction of sp³-hybridized carbons (Fsp3) is 0.909. The zero-order chi connectivity index (χ0) is 10.5. The number of nitrogens with two attached hydrogens (primary N) is 1. The lowest BCUT2D eigenvalue weighted by Crippen LogP contribution is -2.35. The van der Waals surface area contributed by atoms with Crippen LogP contribution in [0.3, 0.4) is 0 Å². The first-order valence-electron chi connectivity index (χ1n) is 5.19. The highest BCUT2D eigenvalue weighted by Crippen LogP contribution is 2.16. The van der Waals surface area contributed by atoms with Gasteiger partial charge < -0.3 is 5.73 Å². The minimum absolute atomic E-state index is 0.307. The van der Waals surface area contributed by atoms with Crippen LogP contribution in [0.4, 0.5) is 0 Å². The van der Waals surface area contributed by atoms with Crippen LogP contribution in [0.5, 0.6) is 0 Å². The third kappa shape index (κ3) is 6.76. The van der Waals surface area contributed by atoms with E-state index in [0.717, 1.165) is 12.8 Å². The number of carbonyl (C=O) groups excluding carboxylic acids is 1. The maximum atomic E-state index is 11.5. The number of hydrogen-bond acceptors (Lipinski definition) is 2. The molecule has 0 aromatic heterocycles. The van der Waals surface area contributed by atoms with Crippen molar-refractivity contribution in [1.82, 2.24) is 0 Å². The molecular formula is C11H23NO. The predicted molar refractivity (Wildman–Crippen MR) is 56.6 cm³/mol. The fourth-order valence-corrected chi connectivity index (χ4v) is 1.48. The molecule has 2 nitrogen and oxygen atoms in total. The van der Waals surface area contributed by atoms with Crippen molar-refractivity contribution in [3.63, 3.8) is 0 Å². The molecule has 0 unspecified atom stereocenters. The second-order valence-corrected chi connectivity index (χ2v) is 4.59. The minimum atomic E-state index is -0.344. The molecule has 0 aromatic carbocycles. The molecule has 0 bridgehead atoms. The Morgan fingerprint density at radius 2 is 1.77 bits per heavy atom. The van der Waals surface area contributed by atoms with Gasteiger partial charge in [-0.05, 0) is 19.8 Å². The summed E-state index contributed by atoms with van der Waals surface area (Å²) in [6.07, 6.45) is 3.39. The van der Waals surface area contributed by atoms with Crippen molar-refractivity contribution in [3.05, 3.63) is 0 Å². The van der Waals surface area contributed by atoms with E-state index in [-0.39, 0.29) is 5.54 Å². The largest absolute Gasteiger partial charge is 0.325 e. The highest BCUT2D eigenvalue weighted by atomic mass is 16.1. The van der Waals surface area contributed by atoms with Gasteiger partial charge in [-0.25, -0.2) is 0 Å². The van der Waals surface area contributed by atoms with Gasteiger partial charge in [-0.15, -0.1) is 0 Å². The standard InChI is InChI=1S/C11H23NO/c1-5-9(6-2)7-10(13)8-11(3,4)12/h9H,5-8,12H2,1-4H3. The molecule has 0 fully saturated rings. The van der Waals surface area contributed by atoms with Crippen molar-refractivity contribution in [1.29, 1.82) is 0 Å². The molecule has 0 aliphatic carbocycles. The highest BCUT2D eigenvalue weighted by Gasteiger charge is 2.18. The molecule has 0 saturated heterocycles. The zero-order valence-electron chi connectivity index (χ0n) is 9.39. The number of hydrogen-bond donors (Lipinski definition) is 1.